The van der Waals surface area contributed by atoms with E-state index in [0.29, 0.717) is 19.3 Å². The van der Waals surface area contributed by atoms with Crippen LogP contribution in [0.4, 0.5) is 0 Å². The zero-order chi connectivity index (χ0) is 53.6. The standard InChI is InChI=1S/C68H132O6/c1-4-7-10-13-16-19-22-25-27-29-31-32-33-34-35-36-37-38-40-41-43-46-49-52-55-58-61-67(70)73-64-65(63-72-66(69)60-57-54-51-48-45-24-21-18-15-12-9-6-3)74-68(71)62-59-56-53-50-47-44-42-39-30-28-26-23-20-17-14-11-8-5-2/h65H,4-64H2,1-3H3. The Kier molecular flexibility index (Phi) is 62.6. The molecule has 0 fully saturated rings. The number of carbonyl (C=O) groups is 3. The summed E-state index contributed by atoms with van der Waals surface area (Å²) in [5.41, 5.74) is 0. The number of ether oxygens (including phenoxy) is 3. The van der Waals surface area contributed by atoms with Crippen molar-refractivity contribution >= 4 is 17.9 Å². The van der Waals surface area contributed by atoms with E-state index in [9.17, 15) is 14.4 Å². The van der Waals surface area contributed by atoms with Gasteiger partial charge in [0.05, 0.1) is 0 Å². The molecule has 74 heavy (non-hydrogen) atoms. The van der Waals surface area contributed by atoms with Crippen molar-refractivity contribution in [3.05, 3.63) is 0 Å². The first-order chi connectivity index (χ1) is 36.5. The summed E-state index contributed by atoms with van der Waals surface area (Å²) in [7, 11) is 0. The smallest absolute Gasteiger partial charge is 0.306 e. The van der Waals surface area contributed by atoms with Gasteiger partial charge in [-0.3, -0.25) is 14.4 Å². The molecule has 0 spiro atoms. The average molecular weight is 1050 g/mol. The van der Waals surface area contributed by atoms with Gasteiger partial charge in [0.2, 0.25) is 0 Å². The van der Waals surface area contributed by atoms with Gasteiger partial charge in [-0.05, 0) is 19.3 Å². The maximum Gasteiger partial charge on any atom is 0.306 e. The molecule has 440 valence electrons. The molecule has 0 rings (SSSR count). The number of unbranched alkanes of at least 4 members (excludes halogenated alkanes) is 53. The monoisotopic (exact) mass is 1050 g/mol. The lowest BCUT2D eigenvalue weighted by Crippen LogP contribution is -2.30. The second-order valence-electron chi connectivity index (χ2n) is 23.5. The highest BCUT2D eigenvalue weighted by molar-refractivity contribution is 5.71. The van der Waals surface area contributed by atoms with Gasteiger partial charge in [0, 0.05) is 19.3 Å². The first kappa shape index (κ1) is 72.4. The number of rotatable bonds is 64. The minimum atomic E-state index is -0.762. The molecule has 1 atom stereocenters. The van der Waals surface area contributed by atoms with Gasteiger partial charge in [-0.1, -0.05) is 361 Å². The van der Waals surface area contributed by atoms with E-state index in [1.807, 2.05) is 0 Å². The van der Waals surface area contributed by atoms with Gasteiger partial charge in [-0.15, -0.1) is 0 Å². The fourth-order valence-electron chi connectivity index (χ4n) is 10.7. The van der Waals surface area contributed by atoms with Gasteiger partial charge in [0.25, 0.3) is 0 Å². The number of hydrogen-bond donors (Lipinski definition) is 0. The van der Waals surface area contributed by atoms with Gasteiger partial charge < -0.3 is 14.2 Å². The highest BCUT2D eigenvalue weighted by atomic mass is 16.6. The van der Waals surface area contributed by atoms with Gasteiger partial charge in [-0.2, -0.15) is 0 Å². The maximum atomic E-state index is 12.9. The molecule has 0 aliphatic carbocycles. The Balaban J connectivity index is 4.15. The lowest BCUT2D eigenvalue weighted by atomic mass is 10.0. The summed E-state index contributed by atoms with van der Waals surface area (Å²) in [4.78, 5) is 38.3. The SMILES string of the molecule is CCCCCCCCCCCCCCCCCCCCCCCCCCCCC(=O)OCC(COC(=O)CCCCCCCCCCCCCC)OC(=O)CCCCCCCCCCCCCCCCCCCC. The van der Waals surface area contributed by atoms with E-state index < -0.39 is 6.10 Å². The fourth-order valence-corrected chi connectivity index (χ4v) is 10.7. The van der Waals surface area contributed by atoms with E-state index in [4.69, 9.17) is 14.2 Å². The van der Waals surface area contributed by atoms with E-state index in [2.05, 4.69) is 20.8 Å². The Morgan fingerprint density at radius 2 is 0.365 bits per heavy atom. The van der Waals surface area contributed by atoms with Crippen molar-refractivity contribution in [3.63, 3.8) is 0 Å². The van der Waals surface area contributed by atoms with Crippen molar-refractivity contribution in [1.29, 1.82) is 0 Å². The summed E-state index contributed by atoms with van der Waals surface area (Å²) in [6.45, 7) is 6.73. The predicted molar refractivity (Wildman–Crippen MR) is 321 cm³/mol. The minimum Gasteiger partial charge on any atom is -0.462 e. The second kappa shape index (κ2) is 63.9. The number of esters is 3. The third-order valence-corrected chi connectivity index (χ3v) is 15.9. The summed E-state index contributed by atoms with van der Waals surface area (Å²) in [6, 6.07) is 0. The molecule has 6 heteroatoms. The molecule has 0 amide bonds. The van der Waals surface area contributed by atoms with Crippen LogP contribution in [0.5, 0.6) is 0 Å². The number of carbonyl (C=O) groups excluding carboxylic acids is 3. The Labute approximate surface area is 463 Å². The molecule has 6 nitrogen and oxygen atoms in total. The first-order valence-corrected chi connectivity index (χ1v) is 34.0. The molecule has 0 aliphatic rings. The van der Waals surface area contributed by atoms with Gasteiger partial charge in [0.1, 0.15) is 13.2 Å². The van der Waals surface area contributed by atoms with Crippen LogP contribution >= 0.6 is 0 Å². The van der Waals surface area contributed by atoms with E-state index in [-0.39, 0.29) is 31.1 Å². The highest BCUT2D eigenvalue weighted by Crippen LogP contribution is 2.19. The van der Waals surface area contributed by atoms with Crippen LogP contribution in [0.15, 0.2) is 0 Å². The van der Waals surface area contributed by atoms with E-state index in [1.165, 1.54) is 302 Å². The summed E-state index contributed by atoms with van der Waals surface area (Å²) in [6.07, 6.45) is 74.2. The molecule has 0 aromatic rings. The molecule has 0 heterocycles. The Morgan fingerprint density at radius 1 is 0.216 bits per heavy atom. The minimum absolute atomic E-state index is 0.0605. The molecule has 1 unspecified atom stereocenters. The largest absolute Gasteiger partial charge is 0.462 e. The lowest BCUT2D eigenvalue weighted by molar-refractivity contribution is -0.167. The van der Waals surface area contributed by atoms with E-state index in [1.54, 1.807) is 0 Å². The molecule has 0 N–H and O–H groups in total. The summed E-state index contributed by atoms with van der Waals surface area (Å²) < 4.78 is 17.0. The van der Waals surface area contributed by atoms with Crippen molar-refractivity contribution in [1.82, 2.24) is 0 Å². The Hall–Kier alpha value is -1.59. The Morgan fingerprint density at radius 3 is 0.541 bits per heavy atom. The Bertz CT molecular complexity index is 1110. The van der Waals surface area contributed by atoms with Crippen LogP contribution in [0, 0.1) is 0 Å². The highest BCUT2D eigenvalue weighted by Gasteiger charge is 2.19. The van der Waals surface area contributed by atoms with Gasteiger partial charge in [0.15, 0.2) is 6.10 Å². The molecule has 0 aromatic heterocycles. The zero-order valence-electron chi connectivity index (χ0n) is 50.7. The maximum absolute atomic E-state index is 12.9. The molecule has 0 bridgehead atoms. The van der Waals surface area contributed by atoms with E-state index >= 15 is 0 Å². The average Bonchev–Trinajstić information content (AvgIpc) is 3.40. The summed E-state index contributed by atoms with van der Waals surface area (Å²) >= 11 is 0. The third-order valence-electron chi connectivity index (χ3n) is 15.9. The normalized spacial score (nSPS) is 11.9. The van der Waals surface area contributed by atoms with Crippen LogP contribution in [0.3, 0.4) is 0 Å². The molecular formula is C68H132O6. The zero-order valence-corrected chi connectivity index (χ0v) is 50.7. The van der Waals surface area contributed by atoms with Crippen LogP contribution in [0.2, 0.25) is 0 Å². The first-order valence-electron chi connectivity index (χ1n) is 34.0. The van der Waals surface area contributed by atoms with Crippen molar-refractivity contribution < 1.29 is 28.6 Å². The fraction of sp³-hybridized carbons (Fsp3) is 0.956. The van der Waals surface area contributed by atoms with E-state index in [0.717, 1.165) is 57.8 Å². The quantitative estimate of drug-likeness (QED) is 0.0343. The van der Waals surface area contributed by atoms with Crippen molar-refractivity contribution in [2.24, 2.45) is 0 Å². The van der Waals surface area contributed by atoms with Crippen molar-refractivity contribution in [2.45, 2.75) is 406 Å². The molecule has 0 saturated heterocycles. The third kappa shape index (κ3) is 61.3. The second-order valence-corrected chi connectivity index (χ2v) is 23.5. The molecule has 0 radical (unpaired) electrons. The topological polar surface area (TPSA) is 78.9 Å². The van der Waals surface area contributed by atoms with Crippen molar-refractivity contribution in [2.75, 3.05) is 13.2 Å². The van der Waals surface area contributed by atoms with Crippen molar-refractivity contribution in [3.8, 4) is 0 Å². The molecule has 0 aromatic carbocycles. The number of hydrogen-bond acceptors (Lipinski definition) is 6. The van der Waals surface area contributed by atoms with Crippen LogP contribution < -0.4 is 0 Å². The van der Waals surface area contributed by atoms with Crippen LogP contribution in [0.1, 0.15) is 400 Å². The summed E-state index contributed by atoms with van der Waals surface area (Å²) in [5.74, 6) is -0.824. The van der Waals surface area contributed by atoms with Gasteiger partial charge >= 0.3 is 17.9 Å². The molecular weight excluding hydrogens is 913 g/mol. The molecule has 0 saturated carbocycles. The van der Waals surface area contributed by atoms with Gasteiger partial charge in [-0.25, -0.2) is 0 Å². The lowest BCUT2D eigenvalue weighted by Gasteiger charge is -2.18. The summed E-state index contributed by atoms with van der Waals surface area (Å²) in [5, 5.41) is 0. The predicted octanol–water partition coefficient (Wildman–Crippen LogP) is 23.1. The van der Waals surface area contributed by atoms with Crippen LogP contribution in [0.25, 0.3) is 0 Å². The van der Waals surface area contributed by atoms with Crippen LogP contribution in [-0.2, 0) is 28.6 Å². The molecule has 0 aliphatic heterocycles. The van der Waals surface area contributed by atoms with Crippen LogP contribution in [-0.4, -0.2) is 37.2 Å².